The maximum absolute atomic E-state index is 8.34. The molecule has 4 atom stereocenters. The first kappa shape index (κ1) is 90.7. The number of aliphatic imine (C=N–C) groups is 4. The third-order valence-electron chi connectivity index (χ3n) is 26.9. The third-order valence-corrected chi connectivity index (χ3v) is 30.4. The largest absolute Gasteiger partial charge is 1.07 e. The van der Waals surface area contributed by atoms with Crippen LogP contribution in [0.15, 0.2) is 190 Å². The van der Waals surface area contributed by atoms with Crippen molar-refractivity contribution in [2.75, 3.05) is 52.4 Å². The highest BCUT2D eigenvalue weighted by Gasteiger charge is 2.56. The summed E-state index contributed by atoms with van der Waals surface area (Å²) in [5.74, 6) is 2.84. The van der Waals surface area contributed by atoms with Gasteiger partial charge in [-0.1, -0.05) is 230 Å². The number of hydrogen-bond donors (Lipinski definition) is 0. The maximum atomic E-state index is 8.34. The molecule has 632 valence electrons. The van der Waals surface area contributed by atoms with Crippen LogP contribution in [0.3, 0.4) is 0 Å². The van der Waals surface area contributed by atoms with Gasteiger partial charge < -0.3 is 35.9 Å². The highest BCUT2D eigenvalue weighted by molar-refractivity contribution is 6.54. The van der Waals surface area contributed by atoms with Crippen molar-refractivity contribution in [2.45, 2.75) is 288 Å². The summed E-state index contributed by atoms with van der Waals surface area (Å²) < 4.78 is 44.9. The molecule has 0 unspecified atom stereocenters. The molecule has 2 aliphatic carbocycles. The van der Waals surface area contributed by atoms with E-state index in [-0.39, 0.29) is 24.2 Å². The van der Waals surface area contributed by atoms with Crippen molar-refractivity contribution in [3.05, 3.63) is 259 Å². The van der Waals surface area contributed by atoms with Crippen molar-refractivity contribution in [3.63, 3.8) is 0 Å². The van der Waals surface area contributed by atoms with Gasteiger partial charge in [0, 0.05) is 91.6 Å². The summed E-state index contributed by atoms with van der Waals surface area (Å²) in [7, 11) is 0. The molecule has 0 N–H and O–H groups in total. The number of benzene rings is 8. The van der Waals surface area contributed by atoms with E-state index in [1.165, 1.54) is 44.5 Å². The van der Waals surface area contributed by atoms with Gasteiger partial charge >= 0.3 is 30.3 Å². The average Bonchev–Trinajstić information content (AvgIpc) is 1.58. The molecule has 4 aliphatic rings. The van der Waals surface area contributed by atoms with Crippen molar-refractivity contribution in [2.24, 2.45) is 20.0 Å². The number of hydrogen-bond acceptors (Lipinski definition) is 9. The lowest BCUT2D eigenvalue weighted by Gasteiger charge is -2.38. The van der Waals surface area contributed by atoms with Crippen LogP contribution >= 0.6 is 0 Å². The first-order valence-electron chi connectivity index (χ1n) is 45.6. The second-order valence-electron chi connectivity index (χ2n) is 39.5. The molecule has 2 fully saturated rings. The van der Waals surface area contributed by atoms with Crippen LogP contribution in [0.25, 0.3) is 0 Å². The summed E-state index contributed by atoms with van der Waals surface area (Å²) in [4.78, 5) is 23.1. The van der Waals surface area contributed by atoms with Gasteiger partial charge in [0.1, 0.15) is 52.4 Å². The second kappa shape index (κ2) is 39.4. The molecular weight excluding hydrogens is 1500 g/mol. The lowest BCUT2D eigenvalue weighted by atomic mass is 9.83. The lowest BCUT2D eigenvalue weighted by Crippen LogP contribution is -2.47. The molecule has 8 aromatic rings. The highest BCUT2D eigenvalue weighted by Crippen LogP contribution is 2.45. The van der Waals surface area contributed by atoms with Crippen LogP contribution in [0.4, 0.5) is 0 Å². The predicted molar refractivity (Wildman–Crippen MR) is 499 cm³/mol. The number of quaternary nitrogens is 4. The van der Waals surface area contributed by atoms with E-state index in [0.717, 1.165) is 219 Å². The van der Waals surface area contributed by atoms with E-state index in [0.29, 0.717) is 23.0 Å². The zero-order valence-corrected chi connectivity index (χ0v) is 78.8. The van der Waals surface area contributed by atoms with Gasteiger partial charge in [0.2, 0.25) is 0 Å². The third kappa shape index (κ3) is 22.9. The van der Waals surface area contributed by atoms with Gasteiger partial charge in [-0.2, -0.15) is 0 Å². The lowest BCUT2D eigenvalue weighted by molar-refractivity contribution is -0.950. The van der Waals surface area contributed by atoms with Crippen molar-refractivity contribution in [1.29, 1.82) is 0 Å². The zero-order chi connectivity index (χ0) is 85.0. The van der Waals surface area contributed by atoms with Crippen molar-refractivity contribution < 1.29 is 35.9 Å². The normalized spacial score (nSPS) is 17.8. The van der Waals surface area contributed by atoms with E-state index in [1.807, 2.05) is 0 Å². The van der Waals surface area contributed by atoms with Crippen LogP contribution in [0.2, 0.25) is 0 Å². The number of fused-ring (bicyclic) bond motifs is 6. The molecule has 2 aliphatic heterocycles. The summed E-state index contributed by atoms with van der Waals surface area (Å²) in [6, 6.07) is 63.2. The molecule has 0 aromatic heterocycles. The molecule has 2 heterocycles. The van der Waals surface area contributed by atoms with Gasteiger partial charge in [0.25, 0.3) is 0 Å². The molecule has 13 nitrogen and oxygen atoms in total. The maximum Gasteiger partial charge on any atom is 1.07 e. The van der Waals surface area contributed by atoms with Gasteiger partial charge in [0.05, 0.1) is 99.5 Å². The smallest absolute Gasteiger partial charge is 0.589 e. The fourth-order valence-electron chi connectivity index (χ4n) is 18.9. The molecule has 15 heteroatoms. The monoisotopic (exact) mass is 1640 g/mol. The molecule has 119 heavy (non-hydrogen) atoms. The fourth-order valence-corrected chi connectivity index (χ4v) is 22.4. The van der Waals surface area contributed by atoms with E-state index in [2.05, 4.69) is 333 Å². The Labute approximate surface area is 728 Å². The Morgan fingerprint density at radius 2 is 0.462 bits per heavy atom. The van der Waals surface area contributed by atoms with E-state index in [9.17, 15) is 0 Å². The SMILES string of the molecule is CC[N+](CC)(Cc1ccccc1)Cc1cc2c(c(C(C)(C)C)c1)[O][Al]([O][Al]1[O]c3c(cc(C[N+](CC)(CC)Cc4ccccc4)cc3C(C)(C)C)C=N[C@@H]3CCCC[C@H]3N=Cc3cc(C[N+](CC)(CC)Cc4ccccc4)cc(C(C)(C)C)c3[O]1)[O]c1c(cc(C[N+](CC)(CC)Cc3ccccc3)cc1C(C)(C)C)C=N[C@H]1CCCC[C@@H]1N=C2. The number of nitrogens with zero attached hydrogens (tertiary/aromatic N) is 8. The molecule has 0 amide bonds. The van der Waals surface area contributed by atoms with Crippen molar-refractivity contribution in [3.8, 4) is 23.0 Å². The summed E-state index contributed by atoms with van der Waals surface area (Å²) in [5, 5.41) is 0. The average molecular weight is 1640 g/mol. The quantitative estimate of drug-likeness (QED) is 0.0398. The van der Waals surface area contributed by atoms with Crippen LogP contribution in [-0.4, -0.2) is 150 Å². The van der Waals surface area contributed by atoms with Gasteiger partial charge in [-0.15, -0.1) is 0 Å². The van der Waals surface area contributed by atoms with Gasteiger partial charge in [0.15, 0.2) is 0 Å². The summed E-state index contributed by atoms with van der Waals surface area (Å²) >= 11 is -7.65. The molecule has 0 bridgehead atoms. The Morgan fingerprint density at radius 3 is 0.639 bits per heavy atom. The molecule has 12 rings (SSSR count). The van der Waals surface area contributed by atoms with Crippen molar-refractivity contribution >= 4 is 55.2 Å². The van der Waals surface area contributed by atoms with E-state index < -0.39 is 52.0 Å². The molecule has 2 saturated carbocycles. The first-order chi connectivity index (χ1) is 56.8. The zero-order valence-electron chi connectivity index (χ0n) is 76.5. The standard InChI is InChI=1S/2C52H72N4O2.2Al.O/c2*1-11-55(12-2,35-39-23-17-15-18-24-39)37-41-29-43(49(57)45(31-41)51(5,6)7)33-53-47-27-21-22-28-48(47)54-34-44-30-42(32-46(50(44)58)52(8,9)10)38-56(13-3,14-4)36-40-25-19-16-20-26-40;;;/h2*15-20,23-26,29-34,47-48H,11-14,21-22,27-28,35-38H2,1-10H3;;;/q;;2*+2;/t2*47-,48-;;;/m10.../s1. The molecular formula is C104H144Al2N8O5+4. The highest BCUT2D eigenvalue weighted by atomic mass is 27.3. The number of rotatable bonds is 26. The molecule has 0 radical (unpaired) electrons. The van der Waals surface area contributed by atoms with Crippen LogP contribution < -0.4 is 15.2 Å². The fraction of sp³-hybridized carbons (Fsp3) is 0.500. The predicted octanol–water partition coefficient (Wildman–Crippen LogP) is 23.0. The Balaban J connectivity index is 1.14. The minimum absolute atomic E-state index is 0.0592. The Bertz CT molecular complexity index is 4170. The van der Waals surface area contributed by atoms with E-state index >= 15 is 0 Å². The van der Waals surface area contributed by atoms with E-state index in [4.69, 9.17) is 38.0 Å². The Hall–Kier alpha value is -7.50. The van der Waals surface area contributed by atoms with Gasteiger partial charge in [-0.05, 0) is 174 Å². The van der Waals surface area contributed by atoms with Crippen LogP contribution in [0, 0.1) is 0 Å². The summed E-state index contributed by atoms with van der Waals surface area (Å²) in [6.07, 6.45) is 16.6. The van der Waals surface area contributed by atoms with Crippen molar-refractivity contribution in [1.82, 2.24) is 0 Å². The first-order valence-corrected chi connectivity index (χ1v) is 48.4. The van der Waals surface area contributed by atoms with Gasteiger partial charge in [-0.3, -0.25) is 20.0 Å². The Kier molecular flexibility index (Phi) is 30.0. The van der Waals surface area contributed by atoms with E-state index in [1.54, 1.807) is 0 Å². The molecule has 8 aromatic carbocycles. The minimum atomic E-state index is -3.83. The molecule has 0 spiro atoms. The van der Waals surface area contributed by atoms with Crippen LogP contribution in [0.1, 0.15) is 279 Å². The van der Waals surface area contributed by atoms with Crippen LogP contribution in [-0.2, 0) is 76.9 Å². The van der Waals surface area contributed by atoms with Crippen LogP contribution in [0.5, 0.6) is 23.0 Å². The topological polar surface area (TPSA) is 95.6 Å². The van der Waals surface area contributed by atoms with Gasteiger partial charge in [-0.25, -0.2) is 0 Å². The minimum Gasteiger partial charge on any atom is -0.589 e. The summed E-state index contributed by atoms with van der Waals surface area (Å²) in [6.45, 7) is 61.3. The second-order valence-corrected chi connectivity index (χ2v) is 42.7. The molecule has 0 saturated heterocycles. The summed E-state index contributed by atoms with van der Waals surface area (Å²) in [5.41, 5.74) is 16.4. The Morgan fingerprint density at radius 1 is 0.277 bits per heavy atom.